The van der Waals surface area contributed by atoms with Gasteiger partial charge < -0.3 is 23.8 Å². The fraction of sp³-hybridized carbons (Fsp3) is 0.583. The molecule has 0 spiro atoms. The first-order chi connectivity index (χ1) is 15.0. The van der Waals surface area contributed by atoms with Gasteiger partial charge in [0, 0.05) is 6.54 Å². The highest BCUT2D eigenvalue weighted by Crippen LogP contribution is 2.49. The molecule has 3 aliphatic rings. The summed E-state index contributed by atoms with van der Waals surface area (Å²) < 4.78 is 22.7. The number of benzene rings is 1. The number of ketones is 1. The number of unbranched alkanes of at least 4 members (excludes halogenated alkanes) is 1. The van der Waals surface area contributed by atoms with Crippen LogP contribution in [-0.2, 0) is 14.3 Å². The van der Waals surface area contributed by atoms with Gasteiger partial charge in [0.2, 0.25) is 5.75 Å². The summed E-state index contributed by atoms with van der Waals surface area (Å²) in [7, 11) is 4.67. The molecular weight excluding hydrogens is 398 g/mol. The first kappa shape index (κ1) is 21.5. The van der Waals surface area contributed by atoms with E-state index in [-0.39, 0.29) is 29.5 Å². The Hall–Kier alpha value is -2.70. The van der Waals surface area contributed by atoms with Gasteiger partial charge in [-0.25, -0.2) is 0 Å². The Bertz CT molecular complexity index is 882. The number of hydrogen-bond donors (Lipinski definition) is 0. The summed E-state index contributed by atoms with van der Waals surface area (Å²) in [6, 6.07) is 3.14. The molecule has 2 heterocycles. The zero-order valence-corrected chi connectivity index (χ0v) is 18.7. The Morgan fingerprint density at radius 1 is 1.03 bits per heavy atom. The number of Topliss-reactive ketones (excluding diaryl/α,β-unsaturated/α-hetero) is 1. The first-order valence-electron chi connectivity index (χ1n) is 11.1. The second kappa shape index (κ2) is 8.81. The highest BCUT2D eigenvalue weighted by Gasteiger charge is 2.51. The van der Waals surface area contributed by atoms with Gasteiger partial charge in [-0.2, -0.15) is 0 Å². The Balaban J connectivity index is 1.84. The molecule has 7 heteroatoms. The van der Waals surface area contributed by atoms with E-state index in [1.165, 1.54) is 0 Å². The topological polar surface area (TPSA) is 74.3 Å². The van der Waals surface area contributed by atoms with Gasteiger partial charge in [0.25, 0.3) is 5.91 Å². The lowest BCUT2D eigenvalue weighted by atomic mass is 9.77. The van der Waals surface area contributed by atoms with Crippen molar-refractivity contribution in [2.75, 3.05) is 27.9 Å². The number of amides is 1. The van der Waals surface area contributed by atoms with Gasteiger partial charge in [0.15, 0.2) is 23.0 Å². The SMILES string of the molecule is CCCCN1C(=O)C2=C(C(=O)C3CCCCC3O2)C1c1cc(OC)c(OC)c(OC)c1. The number of carbonyl (C=O) groups is 2. The van der Waals surface area contributed by atoms with Crippen LogP contribution in [0.3, 0.4) is 0 Å². The number of fused-ring (bicyclic) bond motifs is 1. The summed E-state index contributed by atoms with van der Waals surface area (Å²) >= 11 is 0. The lowest BCUT2D eigenvalue weighted by Gasteiger charge is -2.35. The van der Waals surface area contributed by atoms with Crippen LogP contribution in [0, 0.1) is 5.92 Å². The molecule has 0 saturated heterocycles. The van der Waals surface area contributed by atoms with E-state index in [1.54, 1.807) is 26.2 Å². The number of ether oxygens (including phenoxy) is 4. The molecule has 1 aliphatic carbocycles. The minimum Gasteiger partial charge on any atom is -0.493 e. The Labute approximate surface area is 183 Å². The third kappa shape index (κ3) is 3.54. The quantitative estimate of drug-likeness (QED) is 0.656. The maximum absolute atomic E-state index is 13.6. The smallest absolute Gasteiger partial charge is 0.290 e. The Morgan fingerprint density at radius 2 is 1.71 bits per heavy atom. The van der Waals surface area contributed by atoms with Crippen LogP contribution in [0.25, 0.3) is 0 Å². The Kier molecular flexibility index (Phi) is 6.12. The molecule has 0 bridgehead atoms. The minimum atomic E-state index is -0.516. The van der Waals surface area contributed by atoms with Crippen molar-refractivity contribution < 1.29 is 28.5 Å². The van der Waals surface area contributed by atoms with Crippen LogP contribution in [0.5, 0.6) is 17.2 Å². The predicted molar refractivity (Wildman–Crippen MR) is 114 cm³/mol. The molecule has 0 radical (unpaired) electrons. The number of rotatable bonds is 7. The summed E-state index contributed by atoms with van der Waals surface area (Å²) in [5.41, 5.74) is 1.24. The van der Waals surface area contributed by atoms with Gasteiger partial charge in [-0.05, 0) is 43.4 Å². The molecule has 168 valence electrons. The normalized spacial score (nSPS) is 25.2. The molecule has 3 unspecified atom stereocenters. The van der Waals surface area contributed by atoms with Crippen LogP contribution >= 0.6 is 0 Å². The van der Waals surface area contributed by atoms with Gasteiger partial charge in [0.05, 0.1) is 38.9 Å². The van der Waals surface area contributed by atoms with Crippen molar-refractivity contribution in [2.45, 2.75) is 57.6 Å². The molecule has 1 saturated carbocycles. The second-order valence-corrected chi connectivity index (χ2v) is 8.37. The van der Waals surface area contributed by atoms with Crippen LogP contribution in [-0.4, -0.2) is 50.6 Å². The molecule has 4 rings (SSSR count). The monoisotopic (exact) mass is 429 g/mol. The van der Waals surface area contributed by atoms with E-state index >= 15 is 0 Å². The van der Waals surface area contributed by atoms with Crippen LogP contribution < -0.4 is 14.2 Å². The molecule has 1 amide bonds. The largest absolute Gasteiger partial charge is 0.493 e. The maximum atomic E-state index is 13.6. The van der Waals surface area contributed by atoms with Crippen LogP contribution in [0.15, 0.2) is 23.5 Å². The van der Waals surface area contributed by atoms with Crippen molar-refractivity contribution in [3.63, 3.8) is 0 Å². The lowest BCUT2D eigenvalue weighted by molar-refractivity contribution is -0.135. The van der Waals surface area contributed by atoms with Crippen molar-refractivity contribution in [1.82, 2.24) is 4.90 Å². The number of methoxy groups -OCH3 is 3. The van der Waals surface area contributed by atoms with Gasteiger partial charge in [0.1, 0.15) is 6.10 Å². The minimum absolute atomic E-state index is 0.0528. The van der Waals surface area contributed by atoms with Crippen molar-refractivity contribution in [3.8, 4) is 17.2 Å². The van der Waals surface area contributed by atoms with E-state index in [4.69, 9.17) is 18.9 Å². The summed E-state index contributed by atoms with van der Waals surface area (Å²) in [6.45, 7) is 2.63. The molecule has 3 atom stereocenters. The number of nitrogens with zero attached hydrogens (tertiary/aromatic N) is 1. The molecule has 31 heavy (non-hydrogen) atoms. The second-order valence-electron chi connectivity index (χ2n) is 8.37. The average Bonchev–Trinajstić information content (AvgIpc) is 3.08. The van der Waals surface area contributed by atoms with Gasteiger partial charge in [-0.15, -0.1) is 0 Å². The first-order valence-corrected chi connectivity index (χ1v) is 11.1. The molecule has 1 aromatic rings. The Morgan fingerprint density at radius 3 is 2.32 bits per heavy atom. The van der Waals surface area contributed by atoms with Crippen LogP contribution in [0.4, 0.5) is 0 Å². The van der Waals surface area contributed by atoms with Crippen molar-refractivity contribution in [2.24, 2.45) is 5.92 Å². The maximum Gasteiger partial charge on any atom is 0.290 e. The summed E-state index contributed by atoms with van der Waals surface area (Å²) in [5.74, 6) is 1.39. The third-order valence-electron chi connectivity index (χ3n) is 6.61. The van der Waals surface area contributed by atoms with E-state index in [0.717, 1.165) is 44.1 Å². The van der Waals surface area contributed by atoms with E-state index in [0.29, 0.717) is 29.4 Å². The fourth-order valence-electron chi connectivity index (χ4n) is 5.06. The summed E-state index contributed by atoms with van der Waals surface area (Å²) in [5, 5.41) is 0. The zero-order chi connectivity index (χ0) is 22.1. The average molecular weight is 430 g/mol. The molecule has 2 aliphatic heterocycles. The molecule has 1 aromatic carbocycles. The van der Waals surface area contributed by atoms with E-state index in [1.807, 2.05) is 12.1 Å². The van der Waals surface area contributed by atoms with Gasteiger partial charge >= 0.3 is 0 Å². The zero-order valence-electron chi connectivity index (χ0n) is 18.7. The predicted octanol–water partition coefficient (Wildman–Crippen LogP) is 3.81. The van der Waals surface area contributed by atoms with Gasteiger partial charge in [-0.1, -0.05) is 19.8 Å². The van der Waals surface area contributed by atoms with E-state index in [2.05, 4.69) is 6.92 Å². The van der Waals surface area contributed by atoms with Gasteiger partial charge in [-0.3, -0.25) is 9.59 Å². The molecular formula is C24H31NO6. The van der Waals surface area contributed by atoms with Crippen molar-refractivity contribution >= 4 is 11.7 Å². The molecule has 1 fully saturated rings. The fourth-order valence-corrected chi connectivity index (χ4v) is 5.06. The summed E-state index contributed by atoms with van der Waals surface area (Å²) in [6.07, 6.45) is 5.28. The standard InChI is InChI=1S/C24H31NO6/c1-5-6-11-25-20(14-12-17(28-2)22(30-4)18(13-14)29-3)19-21(26)15-9-7-8-10-16(15)31-23(19)24(25)27/h12-13,15-16,20H,5-11H2,1-4H3. The highest BCUT2D eigenvalue weighted by atomic mass is 16.5. The van der Waals surface area contributed by atoms with Crippen molar-refractivity contribution in [3.05, 3.63) is 29.0 Å². The number of hydrogen-bond acceptors (Lipinski definition) is 6. The van der Waals surface area contributed by atoms with E-state index < -0.39 is 6.04 Å². The number of carbonyl (C=O) groups excluding carboxylic acids is 2. The molecule has 0 N–H and O–H groups in total. The van der Waals surface area contributed by atoms with Crippen LogP contribution in [0.2, 0.25) is 0 Å². The lowest BCUT2D eigenvalue weighted by Crippen LogP contribution is -2.39. The van der Waals surface area contributed by atoms with Crippen LogP contribution in [0.1, 0.15) is 57.1 Å². The molecule has 7 nitrogen and oxygen atoms in total. The molecule has 0 aromatic heterocycles. The third-order valence-corrected chi connectivity index (χ3v) is 6.61. The summed E-state index contributed by atoms with van der Waals surface area (Å²) in [4.78, 5) is 28.8. The van der Waals surface area contributed by atoms with E-state index in [9.17, 15) is 9.59 Å². The van der Waals surface area contributed by atoms with Crippen molar-refractivity contribution in [1.29, 1.82) is 0 Å². The highest BCUT2D eigenvalue weighted by molar-refractivity contribution is 6.11.